The van der Waals surface area contributed by atoms with Gasteiger partial charge in [0.25, 0.3) is 10.1 Å². The molecule has 5 nitrogen and oxygen atoms in total. The maximum Gasteiger partial charge on any atom is 1.00 e. The van der Waals surface area contributed by atoms with Crippen molar-refractivity contribution < 1.29 is 75.3 Å². The van der Waals surface area contributed by atoms with Crippen LogP contribution in [0, 0.1) is 0 Å². The molecule has 0 saturated carbocycles. The molecule has 0 rings (SSSR count). The molecule has 0 atom stereocenters. The van der Waals surface area contributed by atoms with Crippen LogP contribution in [0.2, 0.25) is 0 Å². The Morgan fingerprint density at radius 3 is 1.65 bits per heavy atom. The van der Waals surface area contributed by atoms with Gasteiger partial charge in [-0.05, 0) is 6.42 Å². The van der Waals surface area contributed by atoms with Gasteiger partial charge < -0.3 is 6.16 Å². The molecule has 0 bridgehead atoms. The van der Waals surface area contributed by atoms with Gasteiger partial charge in [0.15, 0.2) is 5.75 Å². The van der Waals surface area contributed by atoms with Crippen molar-refractivity contribution in [2.24, 2.45) is 0 Å². The van der Waals surface area contributed by atoms with Crippen LogP contribution in [0.3, 0.4) is 0 Å². The molecule has 0 aliphatic heterocycles. The predicted molar refractivity (Wildman–Crippen MR) is 89.6 cm³/mol. The van der Waals surface area contributed by atoms with E-state index in [1.807, 2.05) is 0 Å². The second-order valence-electron chi connectivity index (χ2n) is 5.84. The van der Waals surface area contributed by atoms with Crippen LogP contribution in [-0.4, -0.2) is 31.3 Å². The van der Waals surface area contributed by atoms with Gasteiger partial charge in [0.2, 0.25) is 0 Å². The van der Waals surface area contributed by atoms with Crippen LogP contribution < -0.4 is 51.4 Å². The van der Waals surface area contributed by atoms with Gasteiger partial charge in [0.1, 0.15) is 0 Å². The van der Waals surface area contributed by atoms with E-state index in [4.69, 9.17) is 9.29 Å². The third-order valence-corrected chi connectivity index (χ3v) is 4.16. The van der Waals surface area contributed by atoms with Crippen LogP contribution in [0.25, 0.3) is 0 Å². The van der Waals surface area contributed by atoms with Crippen molar-refractivity contribution in [1.82, 2.24) is 0 Å². The van der Waals surface area contributed by atoms with Gasteiger partial charge in [0.05, 0.1) is 6.61 Å². The molecule has 1 N–H and O–H groups in total. The summed E-state index contributed by atoms with van der Waals surface area (Å²) in [5, 5.41) is 0. The van der Waals surface area contributed by atoms with E-state index < -0.39 is 21.8 Å². The Morgan fingerprint density at radius 2 is 1.26 bits per heavy atom. The normalized spacial score (nSPS) is 11.0. The Kier molecular flexibility index (Phi) is 20.3. The number of unbranched alkanes of at least 4 members (excludes halogenated alkanes) is 11. The molecule has 0 aliphatic carbocycles. The number of rotatable bonds is 15. The first kappa shape index (κ1) is 26.2. The summed E-state index contributed by atoms with van der Waals surface area (Å²) in [5.74, 6) is -1.84. The minimum atomic E-state index is -4.27. The number of hydrogen-bond donors (Lipinski definition) is 1. The first-order chi connectivity index (χ1) is 10.5. The van der Waals surface area contributed by atoms with Gasteiger partial charge in [-0.15, -0.1) is 0 Å². The van der Waals surface area contributed by atoms with E-state index in [0.29, 0.717) is 0 Å². The second-order valence-corrected chi connectivity index (χ2v) is 7.29. The Hall–Kier alpha value is 1.02. The van der Waals surface area contributed by atoms with Crippen LogP contribution in [0.1, 0.15) is 85.4 Å². The van der Waals surface area contributed by atoms with Crippen molar-refractivity contribution in [2.45, 2.75) is 84.0 Å². The number of hydrogen-bond acceptors (Lipinski definition) is 4. The van der Waals surface area contributed by atoms with Gasteiger partial charge in [0, 0.05) is 0 Å². The molecule has 134 valence electrons. The fraction of sp³-hybridized carbons (Fsp3) is 0.938. The Labute approximate surface area is 186 Å². The molecule has 0 aromatic heterocycles. The smallest absolute Gasteiger partial charge is 1.00 e. The number of carbonyl (C=O) groups excluding carboxylic acids is 1. The van der Waals surface area contributed by atoms with Crippen LogP contribution in [-0.2, 0) is 19.6 Å². The quantitative estimate of drug-likeness (QED) is 0.201. The molecular formula is C16H33KO5S. The molecule has 0 unspecified atom stereocenters. The van der Waals surface area contributed by atoms with E-state index in [1.54, 1.807) is 0 Å². The number of carbonyl (C=O) groups is 1. The van der Waals surface area contributed by atoms with E-state index in [-0.39, 0.29) is 59.4 Å². The van der Waals surface area contributed by atoms with Crippen LogP contribution in [0.15, 0.2) is 0 Å². The summed E-state index contributed by atoms with van der Waals surface area (Å²) in [6, 6.07) is 0. The minimum Gasteiger partial charge on any atom is -1.00 e. The zero-order valence-electron chi connectivity index (χ0n) is 15.9. The third-order valence-electron chi connectivity index (χ3n) is 3.56. The molecule has 0 aliphatic rings. The molecule has 0 amide bonds. The molecule has 0 radical (unpaired) electrons. The van der Waals surface area contributed by atoms with E-state index in [2.05, 4.69) is 6.92 Å². The molecule has 0 aromatic rings. The molecule has 0 heterocycles. The van der Waals surface area contributed by atoms with Gasteiger partial charge in [-0.3, -0.25) is 9.35 Å². The van der Waals surface area contributed by atoms with Crippen LogP contribution >= 0.6 is 0 Å². The summed E-state index contributed by atoms with van der Waals surface area (Å²) < 4.78 is 34.1. The average molecular weight is 377 g/mol. The standard InChI is InChI=1S/C16H32O5S.K.H/c1-2-3-4-5-6-7-8-9-10-11-12-13-14-21-16(17)15-22(18,19)20;;/h2-15H2,1H3,(H,18,19,20);;/q;+1;-1. The van der Waals surface area contributed by atoms with E-state index >= 15 is 0 Å². The predicted octanol–water partition coefficient (Wildman–Crippen LogP) is 1.24. The molecule has 0 fully saturated rings. The Balaban J connectivity index is -0.00000220. The maximum absolute atomic E-state index is 11.0. The topological polar surface area (TPSA) is 80.7 Å². The summed E-state index contributed by atoms with van der Waals surface area (Å²) in [6.07, 6.45) is 14.7. The van der Waals surface area contributed by atoms with E-state index in [0.717, 1.165) is 19.3 Å². The SMILES string of the molecule is CCCCCCCCCCCCCCOC(=O)CS(=O)(=O)O.[H-].[K+]. The van der Waals surface area contributed by atoms with Crippen molar-refractivity contribution >= 4 is 16.1 Å². The Morgan fingerprint density at radius 1 is 0.870 bits per heavy atom. The first-order valence-corrected chi connectivity index (χ1v) is 10.2. The summed E-state index contributed by atoms with van der Waals surface area (Å²) in [5.41, 5.74) is 0. The third kappa shape index (κ3) is 23.0. The Bertz CT molecular complexity index is 377. The summed E-state index contributed by atoms with van der Waals surface area (Å²) >= 11 is 0. The summed E-state index contributed by atoms with van der Waals surface area (Å²) in [4.78, 5) is 11.0. The molecule has 0 saturated heterocycles. The van der Waals surface area contributed by atoms with E-state index in [9.17, 15) is 13.2 Å². The number of esters is 1. The summed E-state index contributed by atoms with van der Waals surface area (Å²) in [7, 11) is -4.27. The van der Waals surface area contributed by atoms with Crippen LogP contribution in [0.5, 0.6) is 0 Å². The van der Waals surface area contributed by atoms with Gasteiger partial charge in [-0.25, -0.2) is 0 Å². The van der Waals surface area contributed by atoms with Crippen molar-refractivity contribution in [3.05, 3.63) is 0 Å². The molecule has 0 spiro atoms. The summed E-state index contributed by atoms with van der Waals surface area (Å²) in [6.45, 7) is 2.46. The van der Waals surface area contributed by atoms with E-state index in [1.165, 1.54) is 57.8 Å². The first-order valence-electron chi connectivity index (χ1n) is 8.56. The van der Waals surface area contributed by atoms with Crippen molar-refractivity contribution in [3.63, 3.8) is 0 Å². The van der Waals surface area contributed by atoms with Gasteiger partial charge >= 0.3 is 57.4 Å². The monoisotopic (exact) mass is 376 g/mol. The fourth-order valence-corrected chi connectivity index (χ4v) is 2.70. The maximum atomic E-state index is 11.0. The van der Waals surface area contributed by atoms with Crippen molar-refractivity contribution in [3.8, 4) is 0 Å². The number of ether oxygens (including phenoxy) is 1. The second kappa shape index (κ2) is 17.8. The zero-order chi connectivity index (χ0) is 16.7. The minimum absolute atomic E-state index is 0. The molecular weight excluding hydrogens is 343 g/mol. The average Bonchev–Trinajstić information content (AvgIpc) is 2.42. The van der Waals surface area contributed by atoms with Crippen molar-refractivity contribution in [1.29, 1.82) is 0 Å². The van der Waals surface area contributed by atoms with Crippen molar-refractivity contribution in [2.75, 3.05) is 12.4 Å². The largest absolute Gasteiger partial charge is 1.00 e. The molecule has 23 heavy (non-hydrogen) atoms. The zero-order valence-corrected chi connectivity index (χ0v) is 18.8. The molecule has 7 heteroatoms. The van der Waals surface area contributed by atoms with Gasteiger partial charge in [-0.1, -0.05) is 77.6 Å². The fourth-order valence-electron chi connectivity index (χ4n) is 2.32. The van der Waals surface area contributed by atoms with Gasteiger partial charge in [-0.2, -0.15) is 8.42 Å². The van der Waals surface area contributed by atoms with Crippen LogP contribution in [0.4, 0.5) is 0 Å². The molecule has 0 aromatic carbocycles.